The van der Waals surface area contributed by atoms with Crippen LogP contribution in [-0.2, 0) is 26.0 Å². The van der Waals surface area contributed by atoms with Gasteiger partial charge in [0, 0.05) is 20.1 Å². The number of hydrogen-bond donors (Lipinski definition) is 1. The zero-order valence-corrected chi connectivity index (χ0v) is 12.0. The fourth-order valence-corrected chi connectivity index (χ4v) is 4.08. The Labute approximate surface area is 118 Å². The van der Waals surface area contributed by atoms with Crippen molar-refractivity contribution in [3.8, 4) is 0 Å². The summed E-state index contributed by atoms with van der Waals surface area (Å²) in [5.74, 6) is -1.25. The van der Waals surface area contributed by atoms with E-state index < -0.39 is 22.0 Å². The second-order valence-corrected chi connectivity index (χ2v) is 6.61. The molecule has 0 aliphatic carbocycles. The fraction of sp³-hybridized carbons (Fsp3) is 0.462. The molecule has 20 heavy (non-hydrogen) atoms. The van der Waals surface area contributed by atoms with Crippen molar-refractivity contribution in [2.45, 2.75) is 18.9 Å². The number of carbonyl (C=O) groups is 1. The molecule has 6 nitrogen and oxygen atoms in total. The van der Waals surface area contributed by atoms with Crippen LogP contribution in [0.3, 0.4) is 0 Å². The Morgan fingerprint density at radius 1 is 1.45 bits per heavy atom. The summed E-state index contributed by atoms with van der Waals surface area (Å²) in [5, 5.41) is 9.26. The topological polar surface area (TPSA) is 83.9 Å². The molecule has 1 N–H and O–H groups in total. The molecule has 0 saturated carbocycles. The highest BCUT2D eigenvalue weighted by Crippen LogP contribution is 2.34. The quantitative estimate of drug-likeness (QED) is 0.788. The second kappa shape index (κ2) is 5.80. The molecule has 1 aromatic carbocycles. The largest absolute Gasteiger partial charge is 0.480 e. The van der Waals surface area contributed by atoms with Crippen LogP contribution in [0.5, 0.6) is 0 Å². The SMILES string of the molecule is COCCCS(=O)(=O)N1c2ccccc2CC1C(=O)O. The predicted molar refractivity (Wildman–Crippen MR) is 74.3 cm³/mol. The normalized spacial score (nSPS) is 18.1. The average Bonchev–Trinajstić information content (AvgIpc) is 2.79. The molecule has 0 aromatic heterocycles. The van der Waals surface area contributed by atoms with Gasteiger partial charge in [0.25, 0.3) is 0 Å². The van der Waals surface area contributed by atoms with Crippen molar-refractivity contribution in [2.75, 3.05) is 23.8 Å². The maximum atomic E-state index is 12.4. The van der Waals surface area contributed by atoms with E-state index in [2.05, 4.69) is 0 Å². The van der Waals surface area contributed by atoms with Gasteiger partial charge in [0.1, 0.15) is 6.04 Å². The Hall–Kier alpha value is -1.60. The van der Waals surface area contributed by atoms with Crippen LogP contribution in [0.2, 0.25) is 0 Å². The van der Waals surface area contributed by atoms with E-state index in [1.54, 1.807) is 24.3 Å². The molecule has 2 rings (SSSR count). The number of aliphatic carboxylic acids is 1. The minimum Gasteiger partial charge on any atom is -0.480 e. The molecule has 0 bridgehead atoms. The van der Waals surface area contributed by atoms with Crippen LogP contribution in [-0.4, -0.2) is 45.0 Å². The number of para-hydroxylation sites is 1. The summed E-state index contributed by atoms with van der Waals surface area (Å²) in [4.78, 5) is 11.3. The predicted octanol–water partition coefficient (Wildman–Crippen LogP) is 0.869. The minimum absolute atomic E-state index is 0.126. The van der Waals surface area contributed by atoms with E-state index in [1.165, 1.54) is 7.11 Å². The van der Waals surface area contributed by atoms with Gasteiger partial charge >= 0.3 is 5.97 Å². The van der Waals surface area contributed by atoms with Crippen LogP contribution >= 0.6 is 0 Å². The number of anilines is 1. The number of sulfonamides is 1. The molecule has 110 valence electrons. The third-order valence-corrected chi connectivity index (χ3v) is 5.12. The third-order valence-electron chi connectivity index (χ3n) is 3.26. The highest BCUT2D eigenvalue weighted by atomic mass is 32.2. The number of carboxylic acids is 1. The monoisotopic (exact) mass is 299 g/mol. The summed E-state index contributed by atoms with van der Waals surface area (Å²) < 4.78 is 30.7. The van der Waals surface area contributed by atoms with E-state index in [1.807, 2.05) is 0 Å². The van der Waals surface area contributed by atoms with Crippen molar-refractivity contribution in [3.63, 3.8) is 0 Å². The maximum Gasteiger partial charge on any atom is 0.327 e. The van der Waals surface area contributed by atoms with Gasteiger partial charge in [-0.05, 0) is 18.1 Å². The van der Waals surface area contributed by atoms with E-state index >= 15 is 0 Å². The first-order valence-electron chi connectivity index (χ1n) is 6.29. The number of hydrogen-bond acceptors (Lipinski definition) is 4. The minimum atomic E-state index is -3.67. The number of ether oxygens (including phenoxy) is 1. The zero-order chi connectivity index (χ0) is 14.8. The summed E-state index contributed by atoms with van der Waals surface area (Å²) in [6, 6.07) is 5.83. The molecule has 1 aliphatic heterocycles. The van der Waals surface area contributed by atoms with Gasteiger partial charge in [-0.2, -0.15) is 0 Å². The molecule has 1 heterocycles. The molecular formula is C13H17NO5S. The van der Waals surface area contributed by atoms with E-state index in [0.29, 0.717) is 18.7 Å². The summed E-state index contributed by atoms with van der Waals surface area (Å²) in [7, 11) is -2.17. The molecule has 7 heteroatoms. The van der Waals surface area contributed by atoms with Gasteiger partial charge < -0.3 is 9.84 Å². The average molecular weight is 299 g/mol. The van der Waals surface area contributed by atoms with Gasteiger partial charge in [0.05, 0.1) is 11.4 Å². The molecule has 0 radical (unpaired) electrons. The van der Waals surface area contributed by atoms with E-state index in [4.69, 9.17) is 4.74 Å². The van der Waals surface area contributed by atoms with Crippen molar-refractivity contribution in [3.05, 3.63) is 29.8 Å². The lowest BCUT2D eigenvalue weighted by atomic mass is 10.1. The fourth-order valence-electron chi connectivity index (χ4n) is 2.37. The van der Waals surface area contributed by atoms with Crippen LogP contribution in [0.15, 0.2) is 24.3 Å². The lowest BCUT2D eigenvalue weighted by Crippen LogP contribution is -2.44. The van der Waals surface area contributed by atoms with Crippen LogP contribution in [0, 0.1) is 0 Å². The third kappa shape index (κ3) is 2.78. The highest BCUT2D eigenvalue weighted by molar-refractivity contribution is 7.92. The number of methoxy groups -OCH3 is 1. The number of nitrogens with zero attached hydrogens (tertiary/aromatic N) is 1. The summed E-state index contributed by atoms with van der Waals surface area (Å²) >= 11 is 0. The standard InChI is InChI=1S/C13H17NO5S/c1-19-7-4-8-20(17,18)14-11-6-3-2-5-10(11)9-12(14)13(15)16/h2-3,5-6,12H,4,7-9H2,1H3,(H,15,16). The van der Waals surface area contributed by atoms with E-state index in [9.17, 15) is 18.3 Å². The molecule has 0 saturated heterocycles. The molecule has 1 atom stereocenters. The van der Waals surface area contributed by atoms with Gasteiger partial charge in [0.15, 0.2) is 0 Å². The number of fused-ring (bicyclic) bond motifs is 1. The van der Waals surface area contributed by atoms with Crippen molar-refractivity contribution < 1.29 is 23.1 Å². The molecule has 0 fully saturated rings. The van der Waals surface area contributed by atoms with Gasteiger partial charge in [-0.15, -0.1) is 0 Å². The maximum absolute atomic E-state index is 12.4. The molecular weight excluding hydrogens is 282 g/mol. The lowest BCUT2D eigenvalue weighted by Gasteiger charge is -2.24. The first kappa shape index (κ1) is 14.8. The molecule has 1 unspecified atom stereocenters. The number of benzene rings is 1. The van der Waals surface area contributed by atoms with Crippen molar-refractivity contribution in [2.24, 2.45) is 0 Å². The zero-order valence-electron chi connectivity index (χ0n) is 11.2. The van der Waals surface area contributed by atoms with Crippen LogP contribution in [0.1, 0.15) is 12.0 Å². The van der Waals surface area contributed by atoms with Crippen molar-refractivity contribution >= 4 is 21.7 Å². The van der Waals surface area contributed by atoms with Gasteiger partial charge in [0.2, 0.25) is 10.0 Å². The second-order valence-electron chi connectivity index (χ2n) is 4.65. The van der Waals surface area contributed by atoms with Gasteiger partial charge in [-0.3, -0.25) is 4.31 Å². The Bertz CT molecular complexity index is 599. The summed E-state index contributed by atoms with van der Waals surface area (Å²) in [5.41, 5.74) is 1.22. The number of carboxylic acid groups (broad SMARTS) is 1. The van der Waals surface area contributed by atoms with Crippen molar-refractivity contribution in [1.29, 1.82) is 0 Å². The van der Waals surface area contributed by atoms with E-state index in [-0.39, 0.29) is 12.2 Å². The highest BCUT2D eigenvalue weighted by Gasteiger charge is 2.41. The summed E-state index contributed by atoms with van der Waals surface area (Å²) in [6.07, 6.45) is 0.541. The summed E-state index contributed by atoms with van der Waals surface area (Å²) in [6.45, 7) is 0.326. The lowest BCUT2D eigenvalue weighted by molar-refractivity contribution is -0.138. The Morgan fingerprint density at radius 2 is 2.15 bits per heavy atom. The number of rotatable bonds is 6. The first-order valence-corrected chi connectivity index (χ1v) is 7.90. The molecule has 0 amide bonds. The molecule has 0 spiro atoms. The Morgan fingerprint density at radius 3 is 2.80 bits per heavy atom. The van der Waals surface area contributed by atoms with Crippen LogP contribution < -0.4 is 4.31 Å². The van der Waals surface area contributed by atoms with Crippen molar-refractivity contribution in [1.82, 2.24) is 0 Å². The smallest absolute Gasteiger partial charge is 0.327 e. The Balaban J connectivity index is 2.33. The molecule has 1 aliphatic rings. The van der Waals surface area contributed by atoms with Crippen LogP contribution in [0.25, 0.3) is 0 Å². The van der Waals surface area contributed by atoms with Gasteiger partial charge in [-0.25, -0.2) is 13.2 Å². The van der Waals surface area contributed by atoms with Crippen LogP contribution in [0.4, 0.5) is 5.69 Å². The molecule has 1 aromatic rings. The Kier molecular flexibility index (Phi) is 4.29. The first-order chi connectivity index (χ1) is 9.47. The van der Waals surface area contributed by atoms with Gasteiger partial charge in [-0.1, -0.05) is 18.2 Å². The van der Waals surface area contributed by atoms with E-state index in [0.717, 1.165) is 9.87 Å².